The van der Waals surface area contributed by atoms with Gasteiger partial charge in [0.2, 0.25) is 0 Å². The predicted octanol–water partition coefficient (Wildman–Crippen LogP) is 1.48. The van der Waals surface area contributed by atoms with Gasteiger partial charge in [-0.25, -0.2) is 0 Å². The van der Waals surface area contributed by atoms with E-state index in [0.717, 1.165) is 5.56 Å². The number of carboxylic acid groups (broad SMARTS) is 1. The Morgan fingerprint density at radius 3 is 2.41 bits per heavy atom. The quantitative estimate of drug-likeness (QED) is 0.838. The van der Waals surface area contributed by atoms with Crippen molar-refractivity contribution >= 4 is 5.97 Å². The molecule has 22 heavy (non-hydrogen) atoms. The number of alkyl halides is 3. The van der Waals surface area contributed by atoms with Crippen LogP contribution in [0.2, 0.25) is 0 Å². The van der Waals surface area contributed by atoms with Crippen molar-refractivity contribution in [3.05, 3.63) is 29.6 Å². The number of halogens is 3. The molecule has 0 aliphatic heterocycles. The second kappa shape index (κ2) is 5.08. The third-order valence-electron chi connectivity index (χ3n) is 2.97. The lowest BCUT2D eigenvalue weighted by Gasteiger charge is -2.19. The minimum absolute atomic E-state index is 0.0119. The Morgan fingerprint density at radius 2 is 1.91 bits per heavy atom. The number of aromatic carboxylic acids is 1. The average Bonchev–Trinajstić information content (AvgIpc) is 2.82. The van der Waals surface area contributed by atoms with Crippen molar-refractivity contribution < 1.29 is 23.1 Å². The summed E-state index contributed by atoms with van der Waals surface area (Å²) in [7, 11) is 0. The van der Waals surface area contributed by atoms with E-state index >= 15 is 0 Å². The zero-order valence-electron chi connectivity index (χ0n) is 12.0. The molecule has 0 unspecified atom stereocenters. The highest BCUT2D eigenvalue weighted by Gasteiger charge is 2.37. The summed E-state index contributed by atoms with van der Waals surface area (Å²) in [5.74, 6) is -2.03. The molecule has 0 N–H and O–H groups in total. The van der Waals surface area contributed by atoms with E-state index in [-0.39, 0.29) is 11.1 Å². The molecule has 0 amide bonds. The fraction of sp³-hybridized carbons (Fsp3) is 0.385. The van der Waals surface area contributed by atoms with Crippen LogP contribution in [0.25, 0.3) is 11.4 Å². The van der Waals surface area contributed by atoms with Crippen molar-refractivity contribution in [1.29, 1.82) is 0 Å². The van der Waals surface area contributed by atoms with Gasteiger partial charge in [0.05, 0.1) is 11.7 Å². The maximum absolute atomic E-state index is 12.8. The molecule has 0 spiro atoms. The van der Waals surface area contributed by atoms with Crippen molar-refractivity contribution in [3.8, 4) is 11.4 Å². The van der Waals surface area contributed by atoms with Gasteiger partial charge in [-0.05, 0) is 23.1 Å². The van der Waals surface area contributed by atoms with Crippen molar-refractivity contribution in [1.82, 2.24) is 20.0 Å². The zero-order chi connectivity index (χ0) is 16.7. The molecule has 2 heterocycles. The summed E-state index contributed by atoms with van der Waals surface area (Å²) in [5, 5.41) is 17.2. The van der Waals surface area contributed by atoms with Gasteiger partial charge in [-0.2, -0.15) is 0 Å². The van der Waals surface area contributed by atoms with E-state index in [2.05, 4.69) is 15.3 Å². The number of hydrogen-bond acceptors (Lipinski definition) is 5. The zero-order valence-corrected chi connectivity index (χ0v) is 12.0. The Kier molecular flexibility index (Phi) is 3.68. The third-order valence-corrected chi connectivity index (χ3v) is 2.97. The first-order valence-electron chi connectivity index (χ1n) is 6.23. The molecule has 2 rings (SSSR count). The number of pyridine rings is 1. The molecular formula is C13H12F3N4O2-. The molecule has 0 aliphatic rings. The Balaban J connectivity index is 2.64. The summed E-state index contributed by atoms with van der Waals surface area (Å²) < 4.78 is 37.6. The van der Waals surface area contributed by atoms with E-state index in [9.17, 15) is 23.1 Å². The van der Waals surface area contributed by atoms with Gasteiger partial charge in [0.25, 0.3) is 0 Å². The Bertz CT molecular complexity index is 717. The number of aromatic nitrogens is 4. The van der Waals surface area contributed by atoms with Crippen LogP contribution in [0.4, 0.5) is 13.2 Å². The standard InChI is InChI=1S/C13H13F3N4O2/c1-12(2,3)7-4-5-17-8(6-7)9-10(11(21)22)20(19-18-9)13(14,15)16/h4-6H,1-3H3,(H,21,22)/p-1. The number of rotatable bonds is 2. The van der Waals surface area contributed by atoms with Gasteiger partial charge in [-0.15, -0.1) is 23.0 Å². The second-order valence-electron chi connectivity index (χ2n) is 5.63. The lowest BCUT2D eigenvalue weighted by Crippen LogP contribution is -2.31. The SMILES string of the molecule is CC(C)(C)c1ccnc(-c2nnn(C(F)(F)F)c2C(=O)[O-])c1. The maximum atomic E-state index is 12.8. The molecule has 2 aromatic heterocycles. The summed E-state index contributed by atoms with van der Waals surface area (Å²) in [5.41, 5.74) is -1.20. The first kappa shape index (κ1) is 15.9. The number of carbonyl (C=O) groups excluding carboxylic acids is 1. The Hall–Kier alpha value is -2.45. The fourth-order valence-corrected chi connectivity index (χ4v) is 1.84. The smallest absolute Gasteiger partial charge is 0.506 e. The van der Waals surface area contributed by atoms with E-state index in [1.807, 2.05) is 20.8 Å². The summed E-state index contributed by atoms with van der Waals surface area (Å²) in [6.45, 7) is 5.70. The number of carboxylic acids is 1. The van der Waals surface area contributed by atoms with Crippen LogP contribution in [0.3, 0.4) is 0 Å². The molecule has 0 fully saturated rings. The molecule has 0 radical (unpaired) electrons. The molecular weight excluding hydrogens is 301 g/mol. The first-order valence-corrected chi connectivity index (χ1v) is 6.23. The van der Waals surface area contributed by atoms with Gasteiger partial charge in [0, 0.05) is 6.20 Å². The average molecular weight is 313 g/mol. The predicted molar refractivity (Wildman–Crippen MR) is 67.6 cm³/mol. The third kappa shape index (κ3) is 2.92. The summed E-state index contributed by atoms with van der Waals surface area (Å²) in [6, 6.07) is 3.17. The van der Waals surface area contributed by atoms with Crippen molar-refractivity contribution in [2.75, 3.05) is 0 Å². The van der Waals surface area contributed by atoms with E-state index in [1.165, 1.54) is 12.3 Å². The first-order chi connectivity index (χ1) is 10.0. The summed E-state index contributed by atoms with van der Waals surface area (Å²) in [4.78, 5) is 15.0. The lowest BCUT2D eigenvalue weighted by molar-refractivity contribution is -0.260. The van der Waals surface area contributed by atoms with Crippen LogP contribution in [0, 0.1) is 0 Å². The van der Waals surface area contributed by atoms with Crippen LogP contribution in [-0.2, 0) is 11.7 Å². The second-order valence-corrected chi connectivity index (χ2v) is 5.63. The van der Waals surface area contributed by atoms with Crippen LogP contribution in [0.1, 0.15) is 36.8 Å². The normalized spacial score (nSPS) is 12.5. The molecule has 0 bridgehead atoms. The topological polar surface area (TPSA) is 83.7 Å². The van der Waals surface area contributed by atoms with Gasteiger partial charge in [-0.3, -0.25) is 4.98 Å². The van der Waals surface area contributed by atoms with Crippen molar-refractivity contribution in [2.24, 2.45) is 0 Å². The fourth-order valence-electron chi connectivity index (χ4n) is 1.84. The van der Waals surface area contributed by atoms with Crippen LogP contribution >= 0.6 is 0 Å². The molecule has 0 saturated heterocycles. The Morgan fingerprint density at radius 1 is 1.27 bits per heavy atom. The molecule has 0 aliphatic carbocycles. The molecule has 6 nitrogen and oxygen atoms in total. The van der Waals surface area contributed by atoms with E-state index < -0.39 is 28.3 Å². The summed E-state index contributed by atoms with van der Waals surface area (Å²) in [6.07, 6.45) is -3.64. The Labute approximate surface area is 123 Å². The van der Waals surface area contributed by atoms with Crippen molar-refractivity contribution in [3.63, 3.8) is 0 Å². The molecule has 118 valence electrons. The summed E-state index contributed by atoms with van der Waals surface area (Å²) >= 11 is 0. The highest BCUT2D eigenvalue weighted by Crippen LogP contribution is 2.29. The number of hydrogen-bond donors (Lipinski definition) is 0. The van der Waals surface area contributed by atoms with Gasteiger partial charge in [0.15, 0.2) is 0 Å². The number of nitrogens with zero attached hydrogens (tertiary/aromatic N) is 4. The maximum Gasteiger partial charge on any atom is 0.506 e. The number of carbonyl (C=O) groups is 1. The molecule has 0 aromatic carbocycles. The van der Waals surface area contributed by atoms with Crippen LogP contribution in [0.15, 0.2) is 18.3 Å². The lowest BCUT2D eigenvalue weighted by atomic mass is 9.87. The van der Waals surface area contributed by atoms with E-state index in [4.69, 9.17) is 0 Å². The van der Waals surface area contributed by atoms with E-state index in [1.54, 1.807) is 6.07 Å². The largest absolute Gasteiger partial charge is 0.543 e. The molecule has 0 atom stereocenters. The van der Waals surface area contributed by atoms with Gasteiger partial charge in [0.1, 0.15) is 11.4 Å². The van der Waals surface area contributed by atoms with Gasteiger partial charge < -0.3 is 9.90 Å². The minimum Gasteiger partial charge on any atom is -0.543 e. The monoisotopic (exact) mass is 313 g/mol. The van der Waals surface area contributed by atoms with Crippen molar-refractivity contribution in [2.45, 2.75) is 32.5 Å². The minimum atomic E-state index is -5.01. The molecule has 2 aromatic rings. The highest BCUT2D eigenvalue weighted by atomic mass is 19.4. The van der Waals surface area contributed by atoms with Gasteiger partial charge >= 0.3 is 6.30 Å². The van der Waals surface area contributed by atoms with Crippen LogP contribution < -0.4 is 5.11 Å². The highest BCUT2D eigenvalue weighted by molar-refractivity contribution is 5.90. The molecule has 9 heteroatoms. The van der Waals surface area contributed by atoms with Crippen LogP contribution in [0.5, 0.6) is 0 Å². The van der Waals surface area contributed by atoms with Gasteiger partial charge in [-0.1, -0.05) is 26.0 Å². The molecule has 0 saturated carbocycles. The van der Waals surface area contributed by atoms with E-state index in [0.29, 0.717) is 0 Å². The van der Waals surface area contributed by atoms with Crippen LogP contribution in [-0.4, -0.2) is 25.9 Å².